The molecular formula is C32H34N4O7. The van der Waals surface area contributed by atoms with E-state index in [0.717, 1.165) is 21.3 Å². The second-order valence-electron chi connectivity index (χ2n) is 9.91. The maximum atomic E-state index is 13.3. The van der Waals surface area contributed by atoms with Crippen LogP contribution in [-0.4, -0.2) is 65.3 Å². The number of ether oxygens (including phenoxy) is 2. The predicted octanol–water partition coefficient (Wildman–Crippen LogP) is 2.36. The molecule has 0 aliphatic carbocycles. The lowest BCUT2D eigenvalue weighted by atomic mass is 9.77. The van der Waals surface area contributed by atoms with Crippen LogP contribution in [-0.2, 0) is 21.7 Å². The van der Waals surface area contributed by atoms with Crippen molar-refractivity contribution in [2.45, 2.75) is 19.0 Å². The predicted molar refractivity (Wildman–Crippen MR) is 161 cm³/mol. The summed E-state index contributed by atoms with van der Waals surface area (Å²) in [6.07, 6.45) is 1.28. The van der Waals surface area contributed by atoms with Gasteiger partial charge in [0.05, 0.1) is 19.8 Å². The molecular weight excluding hydrogens is 552 g/mol. The molecule has 4 aromatic rings. The van der Waals surface area contributed by atoms with E-state index in [9.17, 15) is 24.3 Å². The van der Waals surface area contributed by atoms with Gasteiger partial charge in [-0.25, -0.2) is 4.79 Å². The van der Waals surface area contributed by atoms with E-state index >= 15 is 0 Å². The molecule has 3 aromatic carbocycles. The average Bonchev–Trinajstić information content (AvgIpc) is 3.02. The van der Waals surface area contributed by atoms with Crippen LogP contribution in [0.3, 0.4) is 0 Å². The number of hydrogen-bond acceptors (Lipinski definition) is 7. The zero-order chi connectivity index (χ0) is 31.0. The Kier molecular flexibility index (Phi) is 9.79. The van der Waals surface area contributed by atoms with E-state index in [2.05, 4.69) is 10.3 Å². The lowest BCUT2D eigenvalue weighted by Crippen LogP contribution is -2.49. The van der Waals surface area contributed by atoms with E-state index in [1.165, 1.54) is 18.0 Å². The molecule has 0 aliphatic heterocycles. The molecule has 11 heteroatoms. The van der Waals surface area contributed by atoms with Crippen LogP contribution in [0.4, 0.5) is 0 Å². The number of amides is 1. The first-order valence-corrected chi connectivity index (χ1v) is 13.6. The molecule has 0 saturated carbocycles. The molecule has 1 heterocycles. The van der Waals surface area contributed by atoms with Crippen LogP contribution in [0.5, 0.6) is 11.5 Å². The van der Waals surface area contributed by atoms with Gasteiger partial charge in [-0.05, 0) is 47.9 Å². The first-order valence-electron chi connectivity index (χ1n) is 13.6. The Bertz CT molecular complexity index is 1620. The number of rotatable bonds is 13. The minimum Gasteiger partial charge on any atom is -0.497 e. The molecule has 43 heavy (non-hydrogen) atoms. The lowest BCUT2D eigenvalue weighted by Gasteiger charge is -2.38. The summed E-state index contributed by atoms with van der Waals surface area (Å²) >= 11 is 0. The summed E-state index contributed by atoms with van der Waals surface area (Å²) in [5.41, 5.74) is 0.730. The number of aromatic nitrogens is 2. The molecule has 0 fully saturated rings. The number of nitrogens with zero attached hydrogens (tertiary/aromatic N) is 2. The van der Waals surface area contributed by atoms with E-state index in [-0.39, 0.29) is 18.7 Å². The molecule has 0 spiro atoms. The Morgan fingerprint density at radius 3 is 1.93 bits per heavy atom. The van der Waals surface area contributed by atoms with Crippen molar-refractivity contribution in [3.05, 3.63) is 128 Å². The van der Waals surface area contributed by atoms with Crippen LogP contribution in [0.25, 0.3) is 0 Å². The van der Waals surface area contributed by atoms with Crippen LogP contribution in [0.2, 0.25) is 0 Å². The monoisotopic (exact) mass is 586 g/mol. The number of aryl methyl sites for hydroxylation is 1. The Balaban J connectivity index is 1.71. The number of carboxylic acid groups (broad SMARTS) is 1. The van der Waals surface area contributed by atoms with Gasteiger partial charge in [0.15, 0.2) is 0 Å². The van der Waals surface area contributed by atoms with E-state index in [4.69, 9.17) is 9.47 Å². The van der Waals surface area contributed by atoms with Crippen molar-refractivity contribution >= 4 is 11.9 Å². The molecule has 0 radical (unpaired) electrons. The smallest absolute Gasteiger partial charge is 0.328 e. The number of nitrogens with one attached hydrogen (secondary N) is 2. The fraction of sp³-hybridized carbons (Fsp3) is 0.250. The van der Waals surface area contributed by atoms with Crippen LogP contribution >= 0.6 is 0 Å². The Hall–Kier alpha value is -5.16. The Labute approximate surface area is 248 Å². The number of carbonyl (C=O) groups excluding carboxylic acids is 1. The van der Waals surface area contributed by atoms with Crippen LogP contribution in [0.15, 0.2) is 94.6 Å². The lowest BCUT2D eigenvalue weighted by molar-refractivity contribution is -0.144. The Morgan fingerprint density at radius 2 is 1.42 bits per heavy atom. The van der Waals surface area contributed by atoms with Gasteiger partial charge < -0.3 is 19.5 Å². The van der Waals surface area contributed by atoms with Crippen molar-refractivity contribution in [3.63, 3.8) is 0 Å². The van der Waals surface area contributed by atoms with Crippen molar-refractivity contribution in [3.8, 4) is 11.5 Å². The molecule has 0 unspecified atom stereocenters. The molecule has 3 N–H and O–H groups in total. The first-order chi connectivity index (χ1) is 20.7. The summed E-state index contributed by atoms with van der Waals surface area (Å²) in [6, 6.07) is 25.0. The normalized spacial score (nSPS) is 11.1. The highest BCUT2D eigenvalue weighted by Crippen LogP contribution is 2.38. The van der Waals surface area contributed by atoms with E-state index in [1.807, 2.05) is 78.9 Å². The van der Waals surface area contributed by atoms with Crippen molar-refractivity contribution < 1.29 is 24.2 Å². The molecule has 4 rings (SSSR count). The van der Waals surface area contributed by atoms with Gasteiger partial charge in [0.25, 0.3) is 5.56 Å². The fourth-order valence-electron chi connectivity index (χ4n) is 4.99. The summed E-state index contributed by atoms with van der Waals surface area (Å²) in [5, 5.41) is 13.2. The van der Waals surface area contributed by atoms with Gasteiger partial charge in [0.2, 0.25) is 5.91 Å². The summed E-state index contributed by atoms with van der Waals surface area (Å²) in [4.78, 5) is 52.3. The number of methoxy groups -OCH3 is 2. The van der Waals surface area contributed by atoms with E-state index in [1.54, 1.807) is 14.2 Å². The second-order valence-corrected chi connectivity index (χ2v) is 9.91. The number of aromatic amines is 1. The zero-order valence-electron chi connectivity index (χ0n) is 24.2. The third kappa shape index (κ3) is 7.02. The SMILES string of the molecule is COc1ccc(C(NCCN(CC(=O)O)C(=O)Cn2cc(C)c(=O)[nH]c2=O)(c2ccccc2)c2ccc(OC)cc2)cc1. The maximum absolute atomic E-state index is 13.3. The molecule has 1 aromatic heterocycles. The number of carboxylic acids is 1. The average molecular weight is 587 g/mol. The third-order valence-corrected chi connectivity index (χ3v) is 7.20. The van der Waals surface area contributed by atoms with Gasteiger partial charge in [-0.15, -0.1) is 0 Å². The fourth-order valence-corrected chi connectivity index (χ4v) is 4.99. The molecule has 224 valence electrons. The van der Waals surface area contributed by atoms with Crippen LogP contribution in [0, 0.1) is 6.92 Å². The largest absolute Gasteiger partial charge is 0.497 e. The quantitative estimate of drug-likeness (QED) is 0.203. The highest BCUT2D eigenvalue weighted by Gasteiger charge is 2.36. The number of carbonyl (C=O) groups is 2. The number of benzene rings is 3. The molecule has 0 saturated heterocycles. The van der Waals surface area contributed by atoms with Gasteiger partial charge >= 0.3 is 11.7 Å². The minimum absolute atomic E-state index is 0.0170. The van der Waals surface area contributed by atoms with Gasteiger partial charge in [0, 0.05) is 24.8 Å². The van der Waals surface area contributed by atoms with Crippen LogP contribution < -0.4 is 26.0 Å². The van der Waals surface area contributed by atoms with Crippen molar-refractivity contribution in [1.82, 2.24) is 19.8 Å². The summed E-state index contributed by atoms with van der Waals surface area (Å²) < 4.78 is 11.8. The summed E-state index contributed by atoms with van der Waals surface area (Å²) in [6.45, 7) is 0.722. The number of hydrogen-bond donors (Lipinski definition) is 3. The molecule has 11 nitrogen and oxygen atoms in total. The third-order valence-electron chi connectivity index (χ3n) is 7.20. The van der Waals surface area contributed by atoms with Gasteiger partial charge in [-0.1, -0.05) is 54.6 Å². The summed E-state index contributed by atoms with van der Waals surface area (Å²) in [5.74, 6) is -0.409. The molecule has 1 amide bonds. The van der Waals surface area contributed by atoms with Crippen LogP contribution in [0.1, 0.15) is 22.3 Å². The minimum atomic E-state index is -1.20. The van der Waals surface area contributed by atoms with Crippen molar-refractivity contribution in [2.75, 3.05) is 33.9 Å². The highest BCUT2D eigenvalue weighted by atomic mass is 16.5. The highest BCUT2D eigenvalue weighted by molar-refractivity contribution is 5.81. The molecule has 0 atom stereocenters. The van der Waals surface area contributed by atoms with Crippen molar-refractivity contribution in [2.24, 2.45) is 0 Å². The number of H-pyrrole nitrogens is 1. The standard InChI is InChI=1S/C32H34N4O7/c1-22-19-36(31(41)34-30(22)40)20-28(37)35(21-29(38)39)18-17-33-32(23-7-5-4-6-8-23,24-9-13-26(42-2)14-10-24)25-11-15-27(43-3)16-12-25/h4-16,19,33H,17-18,20-21H2,1-3H3,(H,38,39)(H,34,40,41). The second kappa shape index (κ2) is 13.7. The Morgan fingerprint density at radius 1 is 0.884 bits per heavy atom. The maximum Gasteiger partial charge on any atom is 0.328 e. The van der Waals surface area contributed by atoms with E-state index < -0.39 is 41.8 Å². The van der Waals surface area contributed by atoms with Gasteiger partial charge in [-0.3, -0.25) is 29.3 Å². The first kappa shape index (κ1) is 30.8. The topological polar surface area (TPSA) is 143 Å². The zero-order valence-corrected chi connectivity index (χ0v) is 24.2. The van der Waals surface area contributed by atoms with E-state index in [0.29, 0.717) is 11.5 Å². The summed E-state index contributed by atoms with van der Waals surface area (Å²) in [7, 11) is 3.19. The number of aliphatic carboxylic acids is 1. The van der Waals surface area contributed by atoms with Gasteiger partial charge in [-0.2, -0.15) is 0 Å². The van der Waals surface area contributed by atoms with Gasteiger partial charge in [0.1, 0.15) is 24.6 Å². The molecule has 0 aliphatic rings. The van der Waals surface area contributed by atoms with Crippen molar-refractivity contribution in [1.29, 1.82) is 0 Å². The molecule has 0 bridgehead atoms.